The number of aromatic nitrogens is 1. The van der Waals surface area contributed by atoms with Gasteiger partial charge in [0.25, 0.3) is 0 Å². The number of hydrazine groups is 2. The molecule has 0 amide bonds. The molecule has 0 radical (unpaired) electrons. The molecule has 36 heavy (non-hydrogen) atoms. The number of carbonyl (C=O) groups is 1. The fraction of sp³-hybridized carbons (Fsp3) is 0.250. The van der Waals surface area contributed by atoms with Crippen molar-refractivity contribution in [2.75, 3.05) is 26.7 Å². The lowest BCUT2D eigenvalue weighted by Crippen LogP contribution is -2.48. The number of carbonyl (C=O) groups excluding carboxylic acids is 1. The summed E-state index contributed by atoms with van der Waals surface area (Å²) in [6.45, 7) is 0.499. The van der Waals surface area contributed by atoms with E-state index in [1.165, 1.54) is 18.4 Å². The summed E-state index contributed by atoms with van der Waals surface area (Å²) < 4.78 is 33.2. The van der Waals surface area contributed by atoms with Gasteiger partial charge in [-0.25, -0.2) is 9.52 Å². The third-order valence-corrected chi connectivity index (χ3v) is 9.80. The first-order valence-electron chi connectivity index (χ1n) is 11.2. The van der Waals surface area contributed by atoms with Crippen LogP contribution in [0, 0.1) is 0 Å². The normalized spacial score (nSPS) is 15.8. The number of thiophene rings is 1. The monoisotopic (exact) mass is 529 g/mol. The average Bonchev–Trinajstić information content (AvgIpc) is 3.67. The first kappa shape index (κ1) is 24.3. The van der Waals surface area contributed by atoms with E-state index < -0.39 is 22.1 Å². The maximum absolute atomic E-state index is 13.4. The summed E-state index contributed by atoms with van der Waals surface area (Å²) in [5.74, 6) is 0.946. The summed E-state index contributed by atoms with van der Waals surface area (Å²) >= 11 is 1.46. The molecule has 10 nitrogen and oxygen atoms in total. The minimum atomic E-state index is -2.83. The molecule has 0 saturated heterocycles. The van der Waals surface area contributed by atoms with Crippen LogP contribution in [0.4, 0.5) is 0 Å². The molecule has 2 aliphatic heterocycles. The Hall–Kier alpha value is -3.45. The molecular weight excluding hydrogens is 502 g/mol. The van der Waals surface area contributed by atoms with E-state index in [-0.39, 0.29) is 6.79 Å². The Morgan fingerprint density at radius 3 is 2.92 bits per heavy atom. The molecular formula is C24H27N5O5S2. The van der Waals surface area contributed by atoms with Crippen LogP contribution in [-0.2, 0) is 26.1 Å². The van der Waals surface area contributed by atoms with Crippen molar-refractivity contribution in [2.45, 2.75) is 16.7 Å². The predicted octanol–water partition coefficient (Wildman–Crippen LogP) is 2.00. The number of nitrogens with one attached hydrogen (secondary N) is 3. The third kappa shape index (κ3) is 5.21. The fourth-order valence-corrected chi connectivity index (χ4v) is 6.76. The summed E-state index contributed by atoms with van der Waals surface area (Å²) in [5, 5.41) is 1.65. The summed E-state index contributed by atoms with van der Waals surface area (Å²) in [6, 6.07) is 14.5. The van der Waals surface area contributed by atoms with Gasteiger partial charge in [0.1, 0.15) is 6.04 Å². The number of fused-ring (bicyclic) bond motifs is 1. The van der Waals surface area contributed by atoms with Gasteiger partial charge in [0.15, 0.2) is 11.5 Å². The Kier molecular flexibility index (Phi) is 6.92. The molecule has 0 aliphatic carbocycles. The smallest absolute Gasteiger partial charge is 0.330 e. The maximum Gasteiger partial charge on any atom is 0.330 e. The lowest BCUT2D eigenvalue weighted by molar-refractivity contribution is -0.147. The maximum atomic E-state index is 13.4. The van der Waals surface area contributed by atoms with Crippen molar-refractivity contribution in [3.8, 4) is 22.1 Å². The van der Waals surface area contributed by atoms with Gasteiger partial charge in [0.2, 0.25) is 6.79 Å². The number of thiol groups is 1. The van der Waals surface area contributed by atoms with Crippen molar-refractivity contribution < 1.29 is 23.2 Å². The van der Waals surface area contributed by atoms with Gasteiger partial charge < -0.3 is 19.6 Å². The minimum Gasteiger partial charge on any atom is -0.467 e. The van der Waals surface area contributed by atoms with Crippen LogP contribution in [0.2, 0.25) is 0 Å². The molecule has 0 spiro atoms. The molecule has 3 N–H and O–H groups in total. The van der Waals surface area contributed by atoms with E-state index in [1.54, 1.807) is 23.7 Å². The topological polar surface area (TPSA) is 114 Å². The van der Waals surface area contributed by atoms with Crippen molar-refractivity contribution in [3.63, 3.8) is 0 Å². The number of benzene rings is 1. The Morgan fingerprint density at radius 1 is 1.25 bits per heavy atom. The second kappa shape index (κ2) is 10.3. The number of nitrogens with zero attached hydrogens (tertiary/aromatic N) is 2. The molecule has 0 bridgehead atoms. The molecule has 2 aliphatic rings. The summed E-state index contributed by atoms with van der Waals surface area (Å²) in [4.78, 5) is 17.9. The minimum absolute atomic E-state index is 0.188. The van der Waals surface area contributed by atoms with Gasteiger partial charge in [-0.05, 0) is 52.1 Å². The Morgan fingerprint density at radius 2 is 2.11 bits per heavy atom. The molecule has 2 aromatic heterocycles. The highest BCUT2D eigenvalue weighted by molar-refractivity contribution is 8.02. The standard InChI is InChI=1S/C24H27N5O5S2/c1-32-24(30)19(11-16-6-7-20-21(12-16)34-15-33-20)29-14-17(27-28-29)13-26-36(2,31)23-9-8-22(35-23)18-5-3-4-10-25-18/h3-10,12,14,19,27-28,36H,11,13,15H2,1-2H3,(H,26,31)/t19-/m0/s1. The number of hydrogen-bond donors (Lipinski definition) is 4. The van der Waals surface area contributed by atoms with Gasteiger partial charge in [0.05, 0.1) is 27.6 Å². The van der Waals surface area contributed by atoms with E-state index in [0.29, 0.717) is 24.5 Å². The highest BCUT2D eigenvalue weighted by Gasteiger charge is 2.29. The molecule has 0 unspecified atom stereocenters. The zero-order chi connectivity index (χ0) is 25.1. The van der Waals surface area contributed by atoms with Crippen LogP contribution in [0.1, 0.15) is 5.56 Å². The number of rotatable bonds is 9. The Balaban J connectivity index is 1.24. The predicted molar refractivity (Wildman–Crippen MR) is 138 cm³/mol. The summed E-state index contributed by atoms with van der Waals surface area (Å²) in [6.07, 6.45) is 5.60. The summed E-state index contributed by atoms with van der Waals surface area (Å²) in [5.41, 5.74) is 8.52. The lowest BCUT2D eigenvalue weighted by atomic mass is 10.0. The SMILES string of the molecule is COC(=O)[C@H](Cc1ccc2c(c1)OCO2)N1C=C(CN[SH](C)(=O)c2ccc(-c3ccccn3)s2)NN1. The number of esters is 1. The molecule has 190 valence electrons. The van der Waals surface area contributed by atoms with Gasteiger partial charge in [-0.2, -0.15) is 0 Å². The Labute approximate surface area is 213 Å². The second-order valence-corrected chi connectivity index (χ2v) is 12.4. The highest BCUT2D eigenvalue weighted by Crippen LogP contribution is 2.33. The molecule has 5 rings (SSSR count). The van der Waals surface area contributed by atoms with Crippen LogP contribution in [0.5, 0.6) is 11.5 Å². The van der Waals surface area contributed by atoms with Gasteiger partial charge in [-0.15, -0.1) is 16.9 Å². The van der Waals surface area contributed by atoms with Crippen molar-refractivity contribution in [3.05, 3.63) is 72.2 Å². The third-order valence-electron chi connectivity index (χ3n) is 5.82. The number of ether oxygens (including phenoxy) is 3. The van der Waals surface area contributed by atoms with Crippen molar-refractivity contribution >= 4 is 27.4 Å². The van der Waals surface area contributed by atoms with E-state index >= 15 is 0 Å². The number of methoxy groups -OCH3 is 1. The quantitative estimate of drug-likeness (QED) is 0.244. The van der Waals surface area contributed by atoms with Crippen molar-refractivity contribution in [1.29, 1.82) is 0 Å². The van der Waals surface area contributed by atoms with Gasteiger partial charge in [-0.3, -0.25) is 14.2 Å². The molecule has 1 atom stereocenters. The zero-order valence-electron chi connectivity index (χ0n) is 19.8. The van der Waals surface area contributed by atoms with E-state index in [9.17, 15) is 9.00 Å². The fourth-order valence-electron chi connectivity index (χ4n) is 3.87. The molecule has 0 fully saturated rings. The number of pyridine rings is 1. The number of hydrogen-bond acceptors (Lipinski definition) is 10. The van der Waals surface area contributed by atoms with Gasteiger partial charge in [-0.1, -0.05) is 12.1 Å². The molecule has 0 saturated carbocycles. The van der Waals surface area contributed by atoms with Crippen LogP contribution in [-0.4, -0.2) is 52.9 Å². The van der Waals surface area contributed by atoms with Crippen molar-refractivity contribution in [1.82, 2.24) is 25.7 Å². The average molecular weight is 530 g/mol. The van der Waals surface area contributed by atoms with Gasteiger partial charge in [0, 0.05) is 31.6 Å². The Bertz CT molecular complexity index is 1330. The second-order valence-electron chi connectivity index (χ2n) is 8.34. The van der Waals surface area contributed by atoms with Crippen LogP contribution >= 0.6 is 11.3 Å². The van der Waals surface area contributed by atoms with E-state index in [2.05, 4.69) is 20.7 Å². The zero-order valence-corrected chi connectivity index (χ0v) is 21.5. The van der Waals surface area contributed by atoms with E-state index in [1.807, 2.05) is 48.5 Å². The molecule has 12 heteroatoms. The van der Waals surface area contributed by atoms with Crippen molar-refractivity contribution in [2.24, 2.45) is 0 Å². The van der Waals surface area contributed by atoms with Crippen LogP contribution < -0.4 is 25.2 Å². The largest absolute Gasteiger partial charge is 0.467 e. The molecule has 3 aromatic rings. The molecule has 1 aromatic carbocycles. The van der Waals surface area contributed by atoms with Crippen LogP contribution in [0.25, 0.3) is 10.6 Å². The lowest BCUT2D eigenvalue weighted by Gasteiger charge is -2.25. The summed E-state index contributed by atoms with van der Waals surface area (Å²) in [7, 11) is -1.47. The first-order chi connectivity index (χ1) is 17.4. The van der Waals surface area contributed by atoms with E-state index in [0.717, 1.165) is 26.0 Å². The first-order valence-corrected chi connectivity index (χ1v) is 14.2. The van der Waals surface area contributed by atoms with Gasteiger partial charge >= 0.3 is 5.97 Å². The van der Waals surface area contributed by atoms with Crippen LogP contribution in [0.3, 0.4) is 0 Å². The van der Waals surface area contributed by atoms with Crippen LogP contribution in [0.15, 0.2) is 70.8 Å². The molecule has 4 heterocycles. The highest BCUT2D eigenvalue weighted by atomic mass is 32.3. The van der Waals surface area contributed by atoms with E-state index in [4.69, 9.17) is 14.2 Å².